The summed E-state index contributed by atoms with van der Waals surface area (Å²) in [7, 11) is 0. The topological polar surface area (TPSA) is 80.7 Å². The van der Waals surface area contributed by atoms with Crippen LogP contribution in [0.25, 0.3) is 11.3 Å². The molecule has 0 aliphatic carbocycles. The van der Waals surface area contributed by atoms with Gasteiger partial charge in [-0.05, 0) is 42.5 Å². The zero-order valence-corrected chi connectivity index (χ0v) is 15.7. The molecule has 0 bridgehead atoms. The van der Waals surface area contributed by atoms with Gasteiger partial charge < -0.3 is 4.42 Å². The lowest BCUT2D eigenvalue weighted by Gasteiger charge is -2.08. The highest BCUT2D eigenvalue weighted by Gasteiger charge is 2.33. The molecule has 0 amide bonds. The van der Waals surface area contributed by atoms with E-state index in [1.54, 1.807) is 30.3 Å². The van der Waals surface area contributed by atoms with Crippen LogP contribution in [0.1, 0.15) is 11.3 Å². The molecule has 0 aliphatic heterocycles. The Kier molecular flexibility index (Phi) is 5.81. The molecule has 1 heterocycles. The molecule has 29 heavy (non-hydrogen) atoms. The van der Waals surface area contributed by atoms with Gasteiger partial charge in [0, 0.05) is 16.7 Å². The van der Waals surface area contributed by atoms with Gasteiger partial charge in [0.15, 0.2) is 0 Å². The Morgan fingerprint density at radius 1 is 1.10 bits per heavy atom. The second kappa shape index (κ2) is 8.14. The number of nitrogens with zero attached hydrogens (tertiary/aromatic N) is 2. The second-order valence-electron chi connectivity index (χ2n) is 5.68. The van der Waals surface area contributed by atoms with Crippen molar-refractivity contribution in [1.82, 2.24) is 0 Å². The van der Waals surface area contributed by atoms with Crippen molar-refractivity contribution in [2.24, 2.45) is 5.10 Å². The predicted molar refractivity (Wildman–Crippen MR) is 103 cm³/mol. The minimum Gasteiger partial charge on any atom is -0.455 e. The average molecular weight is 444 g/mol. The van der Waals surface area contributed by atoms with Crippen molar-refractivity contribution in [1.29, 1.82) is 0 Å². The number of hydrogen-bond donors (Lipinski definition) is 1. The first-order valence-corrected chi connectivity index (χ1v) is 8.61. The first-order chi connectivity index (χ1) is 13.6. The molecule has 0 fully saturated rings. The Hall–Kier alpha value is -3.04. The summed E-state index contributed by atoms with van der Waals surface area (Å²) in [5, 5.41) is 15.7. The first-order valence-electron chi connectivity index (χ1n) is 7.85. The Balaban J connectivity index is 1.79. The molecule has 1 N–H and O–H groups in total. The van der Waals surface area contributed by atoms with Gasteiger partial charge in [-0.1, -0.05) is 23.2 Å². The summed E-state index contributed by atoms with van der Waals surface area (Å²) in [5.74, 6) is 0.692. The summed E-state index contributed by atoms with van der Waals surface area (Å²) in [6, 6.07) is 10.1. The Bertz CT molecular complexity index is 1100. The fourth-order valence-corrected chi connectivity index (χ4v) is 2.76. The molecule has 2 aromatic carbocycles. The lowest BCUT2D eigenvalue weighted by molar-refractivity contribution is -0.384. The summed E-state index contributed by atoms with van der Waals surface area (Å²) < 4.78 is 43.8. The first kappa shape index (κ1) is 20.7. The minimum atomic E-state index is -4.70. The molecular weight excluding hydrogens is 434 g/mol. The number of hydrazone groups is 1. The number of nitrogens with one attached hydrogen (secondary N) is 1. The van der Waals surface area contributed by atoms with Gasteiger partial charge in [0.25, 0.3) is 5.69 Å². The fourth-order valence-electron chi connectivity index (χ4n) is 2.37. The molecule has 0 unspecified atom stereocenters. The number of anilines is 1. The van der Waals surface area contributed by atoms with Crippen molar-refractivity contribution in [3.8, 4) is 11.3 Å². The van der Waals surface area contributed by atoms with E-state index in [0.29, 0.717) is 27.4 Å². The van der Waals surface area contributed by atoms with Crippen molar-refractivity contribution in [2.45, 2.75) is 6.18 Å². The smallest absolute Gasteiger partial charge is 0.416 e. The van der Waals surface area contributed by atoms with Crippen LogP contribution in [0.2, 0.25) is 10.0 Å². The van der Waals surface area contributed by atoms with Gasteiger partial charge in [0.1, 0.15) is 17.2 Å². The number of rotatable bonds is 5. The number of benzene rings is 2. The molecule has 3 rings (SSSR count). The Morgan fingerprint density at radius 2 is 1.86 bits per heavy atom. The van der Waals surface area contributed by atoms with Gasteiger partial charge in [-0.25, -0.2) is 0 Å². The van der Waals surface area contributed by atoms with Crippen LogP contribution in [0.4, 0.5) is 24.5 Å². The number of furan rings is 1. The summed E-state index contributed by atoms with van der Waals surface area (Å²) in [5.41, 5.74) is 0.807. The summed E-state index contributed by atoms with van der Waals surface area (Å²) in [4.78, 5) is 10.1. The van der Waals surface area contributed by atoms with Crippen LogP contribution in [0.5, 0.6) is 0 Å². The average Bonchev–Trinajstić information content (AvgIpc) is 3.11. The Labute approximate surface area is 171 Å². The van der Waals surface area contributed by atoms with E-state index in [1.807, 2.05) is 0 Å². The van der Waals surface area contributed by atoms with Gasteiger partial charge in [-0.2, -0.15) is 18.3 Å². The van der Waals surface area contributed by atoms with Gasteiger partial charge >= 0.3 is 6.18 Å². The fraction of sp³-hybridized carbons (Fsp3) is 0.0556. The van der Waals surface area contributed by atoms with Crippen molar-refractivity contribution in [3.63, 3.8) is 0 Å². The lowest BCUT2D eigenvalue weighted by atomic mass is 10.1. The zero-order valence-electron chi connectivity index (χ0n) is 14.2. The zero-order chi connectivity index (χ0) is 21.2. The normalized spacial score (nSPS) is 11.8. The largest absolute Gasteiger partial charge is 0.455 e. The quantitative estimate of drug-likeness (QED) is 0.272. The standard InChI is InChI=1S/C18H10Cl2F3N3O3/c19-11-2-4-14(20)13(8-11)17-6-3-12(29-17)9-24-25-15-5-1-10(18(21,22)23)7-16(15)26(27)28/h1-9,25H. The van der Waals surface area contributed by atoms with Gasteiger partial charge in [-0.15, -0.1) is 0 Å². The van der Waals surface area contributed by atoms with Crippen molar-refractivity contribution in [2.75, 3.05) is 5.43 Å². The summed E-state index contributed by atoms with van der Waals surface area (Å²) >= 11 is 12.1. The highest BCUT2D eigenvalue weighted by molar-refractivity contribution is 6.35. The lowest BCUT2D eigenvalue weighted by Crippen LogP contribution is -2.06. The van der Waals surface area contributed by atoms with Gasteiger partial charge in [-0.3, -0.25) is 15.5 Å². The van der Waals surface area contributed by atoms with Crippen LogP contribution in [0.15, 0.2) is 58.0 Å². The highest BCUT2D eigenvalue weighted by Crippen LogP contribution is 2.35. The monoisotopic (exact) mass is 443 g/mol. The number of hydrogen-bond acceptors (Lipinski definition) is 5. The van der Waals surface area contributed by atoms with E-state index in [9.17, 15) is 23.3 Å². The SMILES string of the molecule is O=[N+]([O-])c1cc(C(F)(F)F)ccc1NN=Cc1ccc(-c2cc(Cl)ccc2Cl)o1. The van der Waals surface area contributed by atoms with Crippen LogP contribution in [-0.4, -0.2) is 11.1 Å². The third-order valence-corrected chi connectivity index (χ3v) is 4.28. The van der Waals surface area contributed by atoms with Crippen molar-refractivity contribution in [3.05, 3.63) is 80.0 Å². The molecule has 0 saturated heterocycles. The van der Waals surface area contributed by atoms with Crippen molar-refractivity contribution < 1.29 is 22.5 Å². The molecule has 0 aliphatic rings. The van der Waals surface area contributed by atoms with E-state index < -0.39 is 22.4 Å². The van der Waals surface area contributed by atoms with E-state index >= 15 is 0 Å². The number of alkyl halides is 3. The van der Waals surface area contributed by atoms with Crippen LogP contribution in [-0.2, 0) is 6.18 Å². The predicted octanol–water partition coefficient (Wildman–Crippen LogP) is 6.63. The van der Waals surface area contributed by atoms with E-state index in [1.165, 1.54) is 6.21 Å². The maximum atomic E-state index is 12.7. The number of halogens is 5. The molecular formula is C18H10Cl2F3N3O3. The van der Waals surface area contributed by atoms with E-state index in [-0.39, 0.29) is 11.4 Å². The molecule has 0 radical (unpaired) electrons. The minimum absolute atomic E-state index is 0.205. The van der Waals surface area contributed by atoms with Crippen LogP contribution < -0.4 is 5.43 Å². The summed E-state index contributed by atoms with van der Waals surface area (Å²) in [6.07, 6.45) is -3.48. The molecule has 1 aromatic heterocycles. The molecule has 150 valence electrons. The third kappa shape index (κ3) is 4.87. The van der Waals surface area contributed by atoms with E-state index in [0.717, 1.165) is 12.1 Å². The van der Waals surface area contributed by atoms with Crippen LogP contribution >= 0.6 is 23.2 Å². The maximum absolute atomic E-state index is 12.7. The molecule has 11 heteroatoms. The summed E-state index contributed by atoms with van der Waals surface area (Å²) in [6.45, 7) is 0. The Morgan fingerprint density at radius 3 is 2.55 bits per heavy atom. The molecule has 0 atom stereocenters. The molecule has 0 saturated carbocycles. The number of nitro groups is 1. The second-order valence-corrected chi connectivity index (χ2v) is 6.53. The molecule has 0 spiro atoms. The van der Waals surface area contributed by atoms with E-state index in [4.69, 9.17) is 27.6 Å². The molecule has 6 nitrogen and oxygen atoms in total. The molecule has 3 aromatic rings. The van der Waals surface area contributed by atoms with Crippen molar-refractivity contribution >= 4 is 40.8 Å². The third-order valence-electron chi connectivity index (χ3n) is 3.72. The van der Waals surface area contributed by atoms with Crippen LogP contribution in [0, 0.1) is 10.1 Å². The van der Waals surface area contributed by atoms with Crippen LogP contribution in [0.3, 0.4) is 0 Å². The maximum Gasteiger partial charge on any atom is 0.416 e. The highest BCUT2D eigenvalue weighted by atomic mass is 35.5. The van der Waals surface area contributed by atoms with Gasteiger partial charge in [0.2, 0.25) is 0 Å². The van der Waals surface area contributed by atoms with Gasteiger partial charge in [0.05, 0.1) is 21.7 Å². The number of nitro benzene ring substituents is 1. The van der Waals surface area contributed by atoms with E-state index in [2.05, 4.69) is 10.5 Å².